The lowest BCUT2D eigenvalue weighted by Gasteiger charge is -1.98. The van der Waals surface area contributed by atoms with Crippen molar-refractivity contribution in [2.45, 2.75) is 13.8 Å². The van der Waals surface area contributed by atoms with Crippen molar-refractivity contribution in [3.8, 4) is 11.3 Å². The van der Waals surface area contributed by atoms with Crippen LogP contribution in [0.5, 0.6) is 0 Å². The molecular formula is C12H11NO3. The normalized spacial score (nSPS) is 10.4. The molecule has 0 aliphatic carbocycles. The fourth-order valence-electron chi connectivity index (χ4n) is 1.47. The van der Waals surface area contributed by atoms with Crippen molar-refractivity contribution in [2.75, 3.05) is 0 Å². The summed E-state index contributed by atoms with van der Waals surface area (Å²) in [5, 5.41) is 8.97. The molecular weight excluding hydrogens is 206 g/mol. The summed E-state index contributed by atoms with van der Waals surface area (Å²) < 4.78 is 5.31. The molecule has 0 saturated carbocycles. The van der Waals surface area contributed by atoms with Gasteiger partial charge in [0.2, 0.25) is 0 Å². The Morgan fingerprint density at radius 3 is 2.44 bits per heavy atom. The molecule has 1 heterocycles. The average molecular weight is 217 g/mol. The maximum atomic E-state index is 11.0. The first kappa shape index (κ1) is 10.4. The van der Waals surface area contributed by atoms with Crippen LogP contribution in [-0.2, 0) is 0 Å². The fourth-order valence-corrected chi connectivity index (χ4v) is 1.47. The van der Waals surface area contributed by atoms with Gasteiger partial charge in [-0.3, -0.25) is 0 Å². The predicted octanol–water partition coefficient (Wildman–Crippen LogP) is 2.66. The number of rotatable bonds is 2. The molecule has 0 amide bonds. The number of nitrogens with zero attached hydrogens (tertiary/aromatic N) is 1. The highest BCUT2D eigenvalue weighted by atomic mass is 16.4. The first-order valence-electron chi connectivity index (χ1n) is 4.85. The molecule has 1 aromatic carbocycles. The van der Waals surface area contributed by atoms with E-state index in [1.54, 1.807) is 6.92 Å². The fraction of sp³-hybridized carbons (Fsp3) is 0.167. The topological polar surface area (TPSA) is 63.3 Å². The number of aromatic nitrogens is 1. The summed E-state index contributed by atoms with van der Waals surface area (Å²) in [4.78, 5) is 14.8. The minimum absolute atomic E-state index is 0.0404. The van der Waals surface area contributed by atoms with Crippen molar-refractivity contribution in [2.24, 2.45) is 0 Å². The molecule has 0 unspecified atom stereocenters. The molecule has 0 spiro atoms. The van der Waals surface area contributed by atoms with E-state index in [9.17, 15) is 4.79 Å². The Balaban J connectivity index is 2.55. The summed E-state index contributed by atoms with van der Waals surface area (Å²) in [5.74, 6) is -0.412. The minimum atomic E-state index is -1.08. The molecule has 4 nitrogen and oxygen atoms in total. The monoisotopic (exact) mass is 217 g/mol. The Kier molecular flexibility index (Phi) is 2.48. The quantitative estimate of drug-likeness (QED) is 0.839. The van der Waals surface area contributed by atoms with E-state index >= 15 is 0 Å². The van der Waals surface area contributed by atoms with Crippen molar-refractivity contribution in [3.63, 3.8) is 0 Å². The van der Waals surface area contributed by atoms with Crippen molar-refractivity contribution in [1.29, 1.82) is 0 Å². The maximum Gasteiger partial charge on any atom is 0.358 e. The number of hydrogen-bond donors (Lipinski definition) is 1. The Hall–Kier alpha value is -2.10. The minimum Gasteiger partial charge on any atom is -0.476 e. The van der Waals surface area contributed by atoms with Gasteiger partial charge in [-0.25, -0.2) is 9.78 Å². The van der Waals surface area contributed by atoms with E-state index in [0.717, 1.165) is 11.1 Å². The summed E-state index contributed by atoms with van der Waals surface area (Å²) in [5.41, 5.74) is 1.79. The van der Waals surface area contributed by atoms with Crippen molar-refractivity contribution in [3.05, 3.63) is 41.4 Å². The number of oxazole rings is 1. The maximum absolute atomic E-state index is 11.0. The second-order valence-corrected chi connectivity index (χ2v) is 3.58. The van der Waals surface area contributed by atoms with Gasteiger partial charge in [0.1, 0.15) is 0 Å². The molecule has 0 saturated heterocycles. The lowest BCUT2D eigenvalue weighted by Crippen LogP contribution is -1.98. The highest BCUT2D eigenvalue weighted by Gasteiger charge is 2.18. The lowest BCUT2D eigenvalue weighted by atomic mass is 10.1. The van der Waals surface area contributed by atoms with E-state index in [1.165, 1.54) is 0 Å². The Bertz CT molecular complexity index is 526. The SMILES string of the molecule is Cc1ccc(-c2oc(C)nc2C(=O)O)cc1. The van der Waals surface area contributed by atoms with Gasteiger partial charge in [0.25, 0.3) is 0 Å². The van der Waals surface area contributed by atoms with Crippen LogP contribution < -0.4 is 0 Å². The zero-order chi connectivity index (χ0) is 11.7. The molecule has 2 rings (SSSR count). The number of aromatic carboxylic acids is 1. The third-order valence-electron chi connectivity index (χ3n) is 2.25. The Labute approximate surface area is 92.6 Å². The molecule has 0 atom stereocenters. The second kappa shape index (κ2) is 3.81. The van der Waals surface area contributed by atoms with Gasteiger partial charge in [-0.1, -0.05) is 29.8 Å². The van der Waals surface area contributed by atoms with Gasteiger partial charge in [0.05, 0.1) is 0 Å². The molecule has 0 bridgehead atoms. The van der Waals surface area contributed by atoms with Crippen LogP contribution in [0, 0.1) is 13.8 Å². The number of hydrogen-bond acceptors (Lipinski definition) is 3. The van der Waals surface area contributed by atoms with E-state index in [0.29, 0.717) is 11.7 Å². The third-order valence-corrected chi connectivity index (χ3v) is 2.25. The molecule has 4 heteroatoms. The van der Waals surface area contributed by atoms with E-state index in [1.807, 2.05) is 31.2 Å². The van der Waals surface area contributed by atoms with Gasteiger partial charge in [-0.05, 0) is 6.92 Å². The van der Waals surface area contributed by atoms with Gasteiger partial charge in [-0.15, -0.1) is 0 Å². The first-order chi connectivity index (χ1) is 7.58. The summed E-state index contributed by atoms with van der Waals surface area (Å²) in [6.45, 7) is 3.59. The van der Waals surface area contributed by atoms with E-state index in [2.05, 4.69) is 4.98 Å². The van der Waals surface area contributed by atoms with Gasteiger partial charge >= 0.3 is 5.97 Å². The molecule has 1 N–H and O–H groups in total. The summed E-state index contributed by atoms with van der Waals surface area (Å²) in [6, 6.07) is 7.45. The van der Waals surface area contributed by atoms with Crippen LogP contribution >= 0.6 is 0 Å². The number of benzene rings is 1. The van der Waals surface area contributed by atoms with Crippen LogP contribution in [0.1, 0.15) is 21.9 Å². The number of carboxylic acid groups (broad SMARTS) is 1. The van der Waals surface area contributed by atoms with E-state index in [4.69, 9.17) is 9.52 Å². The van der Waals surface area contributed by atoms with Crippen molar-refractivity contribution >= 4 is 5.97 Å². The average Bonchev–Trinajstić information content (AvgIpc) is 2.61. The van der Waals surface area contributed by atoms with Crippen molar-refractivity contribution < 1.29 is 14.3 Å². The van der Waals surface area contributed by atoms with Crippen LogP contribution in [0.3, 0.4) is 0 Å². The third kappa shape index (κ3) is 1.82. The van der Waals surface area contributed by atoms with Gasteiger partial charge < -0.3 is 9.52 Å². The first-order valence-corrected chi connectivity index (χ1v) is 4.85. The van der Waals surface area contributed by atoms with Gasteiger partial charge in [0.15, 0.2) is 17.3 Å². The van der Waals surface area contributed by atoms with Crippen LogP contribution in [0.2, 0.25) is 0 Å². The second-order valence-electron chi connectivity index (χ2n) is 3.58. The van der Waals surface area contributed by atoms with Crippen LogP contribution in [0.15, 0.2) is 28.7 Å². The molecule has 1 aromatic heterocycles. The van der Waals surface area contributed by atoms with E-state index in [-0.39, 0.29) is 5.69 Å². The standard InChI is InChI=1S/C12H11NO3/c1-7-3-5-9(6-4-7)11-10(12(14)15)13-8(2)16-11/h3-6H,1-2H3,(H,14,15). The molecule has 0 aliphatic rings. The highest BCUT2D eigenvalue weighted by Crippen LogP contribution is 2.25. The summed E-state index contributed by atoms with van der Waals surface area (Å²) >= 11 is 0. The predicted molar refractivity (Wildman–Crippen MR) is 58.4 cm³/mol. The van der Waals surface area contributed by atoms with Crippen molar-refractivity contribution in [1.82, 2.24) is 4.98 Å². The Morgan fingerprint density at radius 1 is 1.25 bits per heavy atom. The largest absolute Gasteiger partial charge is 0.476 e. The zero-order valence-corrected chi connectivity index (χ0v) is 9.02. The molecule has 2 aromatic rings. The lowest BCUT2D eigenvalue weighted by molar-refractivity contribution is 0.0691. The Morgan fingerprint density at radius 2 is 1.88 bits per heavy atom. The highest BCUT2D eigenvalue weighted by molar-refractivity contribution is 5.92. The zero-order valence-electron chi connectivity index (χ0n) is 9.02. The molecule has 16 heavy (non-hydrogen) atoms. The van der Waals surface area contributed by atoms with E-state index < -0.39 is 5.97 Å². The van der Waals surface area contributed by atoms with Gasteiger partial charge in [0, 0.05) is 12.5 Å². The van der Waals surface area contributed by atoms with Crippen LogP contribution in [0.4, 0.5) is 0 Å². The van der Waals surface area contributed by atoms with Crippen LogP contribution in [-0.4, -0.2) is 16.1 Å². The molecule has 0 radical (unpaired) electrons. The summed E-state index contributed by atoms with van der Waals surface area (Å²) in [6.07, 6.45) is 0. The van der Waals surface area contributed by atoms with Crippen LogP contribution in [0.25, 0.3) is 11.3 Å². The smallest absolute Gasteiger partial charge is 0.358 e. The number of carboxylic acids is 1. The molecule has 0 fully saturated rings. The summed E-state index contributed by atoms with van der Waals surface area (Å²) in [7, 11) is 0. The number of aryl methyl sites for hydroxylation is 2. The molecule has 0 aliphatic heterocycles. The van der Waals surface area contributed by atoms with Gasteiger partial charge in [-0.2, -0.15) is 0 Å². The number of carbonyl (C=O) groups is 1. The molecule has 82 valence electrons.